The Kier molecular flexibility index (Phi) is 5.93. The third-order valence-electron chi connectivity index (χ3n) is 6.23. The molecule has 1 aliphatic carbocycles. The van der Waals surface area contributed by atoms with Crippen LogP contribution >= 0.6 is 11.6 Å². The maximum atomic E-state index is 13.3. The summed E-state index contributed by atoms with van der Waals surface area (Å²) in [5, 5.41) is 19.6. The predicted octanol–water partition coefficient (Wildman–Crippen LogP) is 4.85. The van der Waals surface area contributed by atoms with E-state index in [2.05, 4.69) is 9.97 Å². The number of carboxylic acids is 1. The molecule has 0 radical (unpaired) electrons. The highest BCUT2D eigenvalue weighted by atomic mass is 35.5. The number of hydrogen-bond donors (Lipinski definition) is 1. The molecule has 0 amide bonds. The minimum atomic E-state index is -1.03. The van der Waals surface area contributed by atoms with E-state index in [-0.39, 0.29) is 34.2 Å². The number of pyridine rings is 1. The average molecular weight is 487 g/mol. The van der Waals surface area contributed by atoms with Gasteiger partial charge in [0, 0.05) is 16.8 Å². The fourth-order valence-corrected chi connectivity index (χ4v) is 4.75. The summed E-state index contributed by atoms with van der Waals surface area (Å²) < 4.78 is 7.98. The minimum Gasteiger partial charge on any atom is -0.488 e. The first-order valence-electron chi connectivity index (χ1n) is 11.0. The molecule has 1 fully saturated rings. The number of ether oxygens (including phenoxy) is 1. The van der Waals surface area contributed by atoms with Gasteiger partial charge in [0.2, 0.25) is 0 Å². The van der Waals surface area contributed by atoms with Gasteiger partial charge in [-0.2, -0.15) is 5.26 Å². The second-order valence-corrected chi connectivity index (χ2v) is 8.77. The standard InChI is InChI=1S/C26H19ClN4O4/c27-18-7-8-22(19(10-18)15-3-1-4-16(9-15)26(33)34)35-23-6-2-5-21(23)31-14-30-20-13-29-12-17(11-28)24(20)25(31)32/h1,3-4,7-10,12-14,21,23H,2,5-6H2,(H,33,34)/t21-,23+/m0/s1. The number of carbonyl (C=O) groups is 1. The van der Waals surface area contributed by atoms with Crippen LogP contribution in [0.3, 0.4) is 0 Å². The topological polar surface area (TPSA) is 118 Å². The first-order chi connectivity index (χ1) is 17.0. The molecular weight excluding hydrogens is 468 g/mol. The Hall–Kier alpha value is -4.22. The van der Waals surface area contributed by atoms with Gasteiger partial charge in [-0.25, -0.2) is 9.78 Å². The minimum absolute atomic E-state index is 0.156. The van der Waals surface area contributed by atoms with Crippen LogP contribution in [0.5, 0.6) is 5.75 Å². The quantitative estimate of drug-likeness (QED) is 0.428. The number of nitrogens with zero attached hydrogens (tertiary/aromatic N) is 4. The summed E-state index contributed by atoms with van der Waals surface area (Å²) in [4.78, 5) is 33.1. The van der Waals surface area contributed by atoms with Crippen molar-refractivity contribution in [2.24, 2.45) is 0 Å². The zero-order valence-electron chi connectivity index (χ0n) is 18.4. The fraction of sp³-hybridized carbons (Fsp3) is 0.192. The van der Waals surface area contributed by atoms with Crippen LogP contribution in [0.4, 0.5) is 0 Å². The van der Waals surface area contributed by atoms with Gasteiger partial charge in [-0.3, -0.25) is 14.3 Å². The van der Waals surface area contributed by atoms with E-state index >= 15 is 0 Å². The molecule has 2 aromatic carbocycles. The first kappa shape index (κ1) is 22.6. The highest BCUT2D eigenvalue weighted by Gasteiger charge is 2.32. The number of halogens is 1. The number of aromatic carboxylic acids is 1. The Morgan fingerprint density at radius 1 is 1.20 bits per heavy atom. The average Bonchev–Trinajstić information content (AvgIpc) is 3.32. The van der Waals surface area contributed by atoms with Crippen molar-refractivity contribution in [3.63, 3.8) is 0 Å². The van der Waals surface area contributed by atoms with Crippen molar-refractivity contribution in [3.05, 3.63) is 87.7 Å². The molecule has 2 atom stereocenters. The molecule has 8 nitrogen and oxygen atoms in total. The van der Waals surface area contributed by atoms with E-state index < -0.39 is 5.97 Å². The highest BCUT2D eigenvalue weighted by Crippen LogP contribution is 2.38. The molecule has 0 spiro atoms. The van der Waals surface area contributed by atoms with Gasteiger partial charge in [-0.1, -0.05) is 23.7 Å². The van der Waals surface area contributed by atoms with Crippen LogP contribution in [0.2, 0.25) is 5.02 Å². The van der Waals surface area contributed by atoms with Crippen molar-refractivity contribution in [1.29, 1.82) is 5.26 Å². The Balaban J connectivity index is 1.53. The zero-order valence-corrected chi connectivity index (χ0v) is 19.1. The number of rotatable bonds is 5. The van der Waals surface area contributed by atoms with Gasteiger partial charge in [0.15, 0.2) is 0 Å². The van der Waals surface area contributed by atoms with Gasteiger partial charge >= 0.3 is 5.97 Å². The lowest BCUT2D eigenvalue weighted by atomic mass is 10.0. The summed E-state index contributed by atoms with van der Waals surface area (Å²) in [6.07, 6.45) is 6.26. The molecule has 2 aromatic heterocycles. The van der Waals surface area contributed by atoms with E-state index in [1.807, 2.05) is 6.07 Å². The molecule has 1 saturated carbocycles. The van der Waals surface area contributed by atoms with Gasteiger partial charge in [0.25, 0.3) is 5.56 Å². The molecule has 5 rings (SSSR count). The Bertz CT molecular complexity index is 1560. The molecule has 0 unspecified atom stereocenters. The van der Waals surface area contributed by atoms with E-state index in [1.165, 1.54) is 24.8 Å². The van der Waals surface area contributed by atoms with Crippen LogP contribution in [0.25, 0.3) is 22.0 Å². The highest BCUT2D eigenvalue weighted by molar-refractivity contribution is 6.31. The molecule has 0 saturated heterocycles. The number of carboxylic acid groups (broad SMARTS) is 1. The second kappa shape index (κ2) is 9.20. The van der Waals surface area contributed by atoms with Gasteiger partial charge in [0.1, 0.15) is 17.9 Å². The lowest BCUT2D eigenvalue weighted by molar-refractivity contribution is 0.0697. The number of aromatic nitrogens is 3. The molecule has 174 valence electrons. The third kappa shape index (κ3) is 4.22. The summed E-state index contributed by atoms with van der Waals surface area (Å²) in [5.74, 6) is -0.486. The molecule has 0 bridgehead atoms. The van der Waals surface area contributed by atoms with Crippen LogP contribution in [0.1, 0.15) is 41.2 Å². The van der Waals surface area contributed by atoms with Crippen LogP contribution in [0.15, 0.2) is 66.0 Å². The van der Waals surface area contributed by atoms with Gasteiger partial charge < -0.3 is 9.84 Å². The van der Waals surface area contributed by atoms with Gasteiger partial charge in [-0.05, 0) is 55.2 Å². The van der Waals surface area contributed by atoms with Gasteiger partial charge in [-0.15, -0.1) is 0 Å². The Labute approximate surface area is 205 Å². The maximum Gasteiger partial charge on any atom is 0.335 e. The number of hydrogen-bond acceptors (Lipinski definition) is 6. The number of benzene rings is 2. The van der Waals surface area contributed by atoms with E-state index in [1.54, 1.807) is 41.0 Å². The number of fused-ring (bicyclic) bond motifs is 1. The van der Waals surface area contributed by atoms with E-state index in [0.29, 0.717) is 40.3 Å². The van der Waals surface area contributed by atoms with Crippen LogP contribution in [-0.4, -0.2) is 31.7 Å². The summed E-state index contributed by atoms with van der Waals surface area (Å²) in [7, 11) is 0. The fourth-order valence-electron chi connectivity index (χ4n) is 4.57. The van der Waals surface area contributed by atoms with Crippen molar-refractivity contribution in [2.75, 3.05) is 0 Å². The first-order valence-corrected chi connectivity index (χ1v) is 11.4. The molecule has 35 heavy (non-hydrogen) atoms. The van der Waals surface area contributed by atoms with Crippen molar-refractivity contribution < 1.29 is 14.6 Å². The van der Waals surface area contributed by atoms with Crippen molar-refractivity contribution in [1.82, 2.24) is 14.5 Å². The summed E-state index contributed by atoms with van der Waals surface area (Å²) in [6.45, 7) is 0. The molecule has 9 heteroatoms. The maximum absolute atomic E-state index is 13.3. The molecule has 0 aliphatic heterocycles. The van der Waals surface area contributed by atoms with E-state index in [9.17, 15) is 20.0 Å². The zero-order chi connectivity index (χ0) is 24.5. The van der Waals surface area contributed by atoms with E-state index in [0.717, 1.165) is 6.42 Å². The lowest BCUT2D eigenvalue weighted by Gasteiger charge is -2.24. The Morgan fingerprint density at radius 2 is 2.06 bits per heavy atom. The normalized spacial score (nSPS) is 17.3. The number of nitriles is 1. The van der Waals surface area contributed by atoms with Crippen LogP contribution in [-0.2, 0) is 0 Å². The third-order valence-corrected chi connectivity index (χ3v) is 6.47. The van der Waals surface area contributed by atoms with E-state index in [4.69, 9.17) is 16.3 Å². The summed E-state index contributed by atoms with van der Waals surface area (Å²) in [6, 6.07) is 13.5. The molecule has 4 aromatic rings. The molecule has 1 aliphatic rings. The largest absolute Gasteiger partial charge is 0.488 e. The Morgan fingerprint density at radius 3 is 2.86 bits per heavy atom. The van der Waals surface area contributed by atoms with Gasteiger partial charge in [0.05, 0.1) is 40.6 Å². The van der Waals surface area contributed by atoms with Crippen LogP contribution in [0, 0.1) is 11.3 Å². The SMILES string of the molecule is N#Cc1cncc2ncn([C@H]3CCC[C@H]3Oc3ccc(Cl)cc3-c3cccc(C(=O)O)c3)c(=O)c12. The molecule has 2 heterocycles. The van der Waals surface area contributed by atoms with Crippen molar-refractivity contribution in [2.45, 2.75) is 31.4 Å². The molecular formula is C26H19ClN4O4. The second-order valence-electron chi connectivity index (χ2n) is 8.33. The smallest absolute Gasteiger partial charge is 0.335 e. The monoisotopic (exact) mass is 486 g/mol. The molecule has 1 N–H and O–H groups in total. The summed E-state index contributed by atoms with van der Waals surface area (Å²) >= 11 is 6.26. The summed E-state index contributed by atoms with van der Waals surface area (Å²) in [5.41, 5.74) is 1.73. The van der Waals surface area contributed by atoms with Crippen molar-refractivity contribution >= 4 is 28.5 Å². The predicted molar refractivity (Wildman–Crippen MR) is 130 cm³/mol. The lowest BCUT2D eigenvalue weighted by Crippen LogP contribution is -2.33. The van der Waals surface area contributed by atoms with Crippen LogP contribution < -0.4 is 10.3 Å². The van der Waals surface area contributed by atoms with Crippen molar-refractivity contribution in [3.8, 4) is 22.9 Å².